The van der Waals surface area contributed by atoms with E-state index in [1.807, 2.05) is 12.1 Å². The van der Waals surface area contributed by atoms with Crippen molar-refractivity contribution in [2.24, 2.45) is 0 Å². The summed E-state index contributed by atoms with van der Waals surface area (Å²) < 4.78 is 1.11. The van der Waals surface area contributed by atoms with Gasteiger partial charge in [-0.25, -0.2) is 0 Å². The number of fused-ring (bicyclic) bond motifs is 1. The zero-order valence-corrected chi connectivity index (χ0v) is 12.8. The molecule has 0 aliphatic carbocycles. The van der Waals surface area contributed by atoms with Gasteiger partial charge < -0.3 is 5.32 Å². The topological polar surface area (TPSA) is 29.1 Å². The van der Waals surface area contributed by atoms with Gasteiger partial charge in [0.05, 0.1) is 0 Å². The van der Waals surface area contributed by atoms with Gasteiger partial charge in [0.1, 0.15) is 0 Å². The first-order chi connectivity index (χ1) is 9.22. The van der Waals surface area contributed by atoms with E-state index < -0.39 is 0 Å². The van der Waals surface area contributed by atoms with Crippen molar-refractivity contribution in [2.45, 2.75) is 12.8 Å². The Hall–Kier alpha value is -1.26. The highest BCUT2D eigenvalue weighted by molar-refractivity contribution is 9.10. The summed E-state index contributed by atoms with van der Waals surface area (Å²) in [5.74, 6) is 0. The maximum atomic E-state index is 10.2. The van der Waals surface area contributed by atoms with Crippen LogP contribution in [0.5, 0.6) is 0 Å². The summed E-state index contributed by atoms with van der Waals surface area (Å²) in [5, 5.41) is 5.07. The number of rotatable bonds is 6. The minimum Gasteiger partial charge on any atom is -0.354 e. The van der Waals surface area contributed by atoms with E-state index in [1.165, 1.54) is 16.3 Å². The van der Waals surface area contributed by atoms with Gasteiger partial charge in [0, 0.05) is 15.9 Å². The molecule has 98 valence electrons. The third-order valence-electron chi connectivity index (χ3n) is 3.02. The molecule has 0 saturated heterocycles. The van der Waals surface area contributed by atoms with Gasteiger partial charge in [0.25, 0.3) is 0 Å². The molecule has 1 amide bonds. The number of nitrogens with one attached hydrogen (secondary N) is 1. The van der Waals surface area contributed by atoms with Gasteiger partial charge in [-0.05, 0) is 35.2 Å². The Labute approximate surface area is 126 Å². The summed E-state index contributed by atoms with van der Waals surface area (Å²) in [4.78, 5) is 11.1. The van der Waals surface area contributed by atoms with Crippen LogP contribution < -0.4 is 5.32 Å². The van der Waals surface area contributed by atoms with E-state index in [-0.39, 0.29) is 0 Å². The molecule has 0 radical (unpaired) electrons. The van der Waals surface area contributed by atoms with E-state index in [0.717, 1.165) is 22.2 Å². The lowest BCUT2D eigenvalue weighted by atomic mass is 10.0. The third-order valence-corrected chi connectivity index (χ3v) is 4.06. The molecule has 2 nitrogen and oxygen atoms in total. The SMILES string of the molecule is O=CNCC(=S)CCc1ccc(Br)c2ccccc12. The second-order valence-electron chi connectivity index (χ2n) is 4.29. The van der Waals surface area contributed by atoms with E-state index >= 15 is 0 Å². The number of aryl methyl sites for hydroxylation is 1. The Morgan fingerprint density at radius 2 is 1.95 bits per heavy atom. The Bertz CT molecular complexity index is 612. The minimum atomic E-state index is 0.479. The van der Waals surface area contributed by atoms with Crippen molar-refractivity contribution >= 4 is 50.2 Å². The fraction of sp³-hybridized carbons (Fsp3) is 0.200. The predicted molar refractivity (Wildman–Crippen MR) is 86.6 cm³/mol. The van der Waals surface area contributed by atoms with Crippen molar-refractivity contribution in [1.82, 2.24) is 5.32 Å². The number of hydrogen-bond acceptors (Lipinski definition) is 2. The first-order valence-electron chi connectivity index (χ1n) is 6.07. The molecule has 0 aromatic heterocycles. The summed E-state index contributed by atoms with van der Waals surface area (Å²) in [6, 6.07) is 12.5. The van der Waals surface area contributed by atoms with Gasteiger partial charge in [-0.1, -0.05) is 58.5 Å². The first kappa shape index (κ1) is 14.2. The van der Waals surface area contributed by atoms with Crippen LogP contribution in [-0.2, 0) is 11.2 Å². The maximum absolute atomic E-state index is 10.2. The normalized spacial score (nSPS) is 10.4. The largest absolute Gasteiger partial charge is 0.354 e. The van der Waals surface area contributed by atoms with Crippen molar-refractivity contribution in [3.63, 3.8) is 0 Å². The highest BCUT2D eigenvalue weighted by Gasteiger charge is 2.05. The van der Waals surface area contributed by atoms with Crippen molar-refractivity contribution in [2.75, 3.05) is 6.54 Å². The lowest BCUT2D eigenvalue weighted by molar-refractivity contribution is -0.109. The molecule has 0 heterocycles. The molecule has 2 aromatic carbocycles. The molecule has 0 aliphatic heterocycles. The van der Waals surface area contributed by atoms with Gasteiger partial charge in [0.2, 0.25) is 6.41 Å². The van der Waals surface area contributed by atoms with E-state index in [0.29, 0.717) is 13.0 Å². The van der Waals surface area contributed by atoms with Gasteiger partial charge in [-0.2, -0.15) is 0 Å². The Morgan fingerprint density at radius 1 is 1.21 bits per heavy atom. The number of halogens is 1. The van der Waals surface area contributed by atoms with Gasteiger partial charge in [0.15, 0.2) is 0 Å². The third kappa shape index (κ3) is 3.61. The number of benzene rings is 2. The van der Waals surface area contributed by atoms with Crippen LogP contribution in [0.2, 0.25) is 0 Å². The van der Waals surface area contributed by atoms with Crippen LogP contribution in [0.4, 0.5) is 0 Å². The van der Waals surface area contributed by atoms with E-state index in [9.17, 15) is 4.79 Å². The smallest absolute Gasteiger partial charge is 0.207 e. The predicted octanol–water partition coefficient (Wildman–Crippen LogP) is 3.65. The summed E-state index contributed by atoms with van der Waals surface area (Å²) in [7, 11) is 0. The molecule has 0 saturated carbocycles. The van der Waals surface area contributed by atoms with Gasteiger partial charge in [-0.15, -0.1) is 0 Å². The molecular formula is C15H14BrNOS. The lowest BCUT2D eigenvalue weighted by Crippen LogP contribution is -2.20. The summed E-state index contributed by atoms with van der Waals surface area (Å²) >= 11 is 8.81. The van der Waals surface area contributed by atoms with Crippen molar-refractivity contribution < 1.29 is 4.79 Å². The van der Waals surface area contributed by atoms with Crippen LogP contribution in [0, 0.1) is 0 Å². The van der Waals surface area contributed by atoms with Crippen LogP contribution in [0.3, 0.4) is 0 Å². The van der Waals surface area contributed by atoms with Crippen LogP contribution >= 0.6 is 28.1 Å². The Morgan fingerprint density at radius 3 is 2.68 bits per heavy atom. The summed E-state index contributed by atoms with van der Waals surface area (Å²) in [5.41, 5.74) is 1.28. The second-order valence-corrected chi connectivity index (χ2v) is 5.72. The average Bonchev–Trinajstić information content (AvgIpc) is 2.45. The molecule has 4 heteroatoms. The minimum absolute atomic E-state index is 0.479. The molecule has 0 spiro atoms. The monoisotopic (exact) mass is 335 g/mol. The fourth-order valence-electron chi connectivity index (χ4n) is 2.06. The highest BCUT2D eigenvalue weighted by Crippen LogP contribution is 2.27. The van der Waals surface area contributed by atoms with Crippen molar-refractivity contribution in [3.05, 3.63) is 46.4 Å². The van der Waals surface area contributed by atoms with E-state index in [2.05, 4.69) is 45.5 Å². The molecule has 1 N–H and O–H groups in total. The van der Waals surface area contributed by atoms with Gasteiger partial charge in [-0.3, -0.25) is 4.79 Å². The van der Waals surface area contributed by atoms with Crippen LogP contribution in [0.25, 0.3) is 10.8 Å². The molecule has 0 bridgehead atoms. The quantitative estimate of drug-likeness (QED) is 0.644. The number of carbonyl (C=O) groups is 1. The average molecular weight is 336 g/mol. The van der Waals surface area contributed by atoms with E-state index in [4.69, 9.17) is 12.2 Å². The number of thiocarbonyl (C=S) groups is 1. The number of amides is 1. The standard InChI is InChI=1S/C15H14BrNOS/c16-15-8-6-11(5-7-12(19)9-17-10-18)13-3-1-2-4-14(13)15/h1-4,6,8,10H,5,7,9H2,(H,17,18). The molecule has 2 aromatic rings. The number of hydrogen-bond donors (Lipinski definition) is 1. The fourth-order valence-corrected chi connectivity index (χ4v) is 2.72. The lowest BCUT2D eigenvalue weighted by Gasteiger charge is -2.08. The summed E-state index contributed by atoms with van der Waals surface area (Å²) in [6.45, 7) is 0.479. The molecular weight excluding hydrogens is 322 g/mol. The van der Waals surface area contributed by atoms with Crippen LogP contribution in [0.1, 0.15) is 12.0 Å². The number of carbonyl (C=O) groups excluding carboxylic acids is 1. The Balaban J connectivity index is 2.15. The molecule has 0 atom stereocenters. The van der Waals surface area contributed by atoms with Crippen molar-refractivity contribution in [3.8, 4) is 0 Å². The molecule has 0 aliphatic rings. The van der Waals surface area contributed by atoms with E-state index in [1.54, 1.807) is 0 Å². The highest BCUT2D eigenvalue weighted by atomic mass is 79.9. The molecule has 19 heavy (non-hydrogen) atoms. The molecule has 2 rings (SSSR count). The zero-order valence-electron chi connectivity index (χ0n) is 10.4. The zero-order chi connectivity index (χ0) is 13.7. The Kier molecular flexibility index (Phi) is 5.05. The van der Waals surface area contributed by atoms with Gasteiger partial charge >= 0.3 is 0 Å². The summed E-state index contributed by atoms with van der Waals surface area (Å²) in [6.07, 6.45) is 2.39. The molecule has 0 fully saturated rings. The van der Waals surface area contributed by atoms with Crippen LogP contribution in [0.15, 0.2) is 40.9 Å². The van der Waals surface area contributed by atoms with Crippen LogP contribution in [-0.4, -0.2) is 17.8 Å². The molecule has 0 unspecified atom stereocenters. The first-order valence-corrected chi connectivity index (χ1v) is 7.27. The second kappa shape index (κ2) is 6.78. The maximum Gasteiger partial charge on any atom is 0.207 e. The van der Waals surface area contributed by atoms with Crippen molar-refractivity contribution in [1.29, 1.82) is 0 Å².